The number of hydrogen-bond acceptors (Lipinski definition) is 4. The van der Waals surface area contributed by atoms with E-state index in [1.54, 1.807) is 0 Å². The number of nitrogens with zero attached hydrogens (tertiary/aromatic N) is 1. The highest BCUT2D eigenvalue weighted by Gasteiger charge is 2.31. The van der Waals surface area contributed by atoms with Crippen LogP contribution in [0.1, 0.15) is 32.1 Å². The minimum atomic E-state index is -0.282. The maximum absolute atomic E-state index is 12.3. The molecule has 1 saturated carbocycles. The number of carbonyl (C=O) groups is 2. The molecule has 102 valence electrons. The van der Waals surface area contributed by atoms with Gasteiger partial charge in [-0.1, -0.05) is 12.8 Å². The van der Waals surface area contributed by atoms with Gasteiger partial charge in [0.1, 0.15) is 0 Å². The summed E-state index contributed by atoms with van der Waals surface area (Å²) in [6.45, 7) is 1.68. The summed E-state index contributed by atoms with van der Waals surface area (Å²) in [5, 5.41) is 0. The molecule has 0 bridgehead atoms. The first kappa shape index (κ1) is 13.3. The van der Waals surface area contributed by atoms with Crippen LogP contribution in [0.3, 0.4) is 0 Å². The van der Waals surface area contributed by atoms with Crippen LogP contribution in [0.25, 0.3) is 0 Å². The smallest absolute Gasteiger partial charge is 0.308 e. The van der Waals surface area contributed by atoms with Crippen LogP contribution in [-0.2, 0) is 19.1 Å². The Morgan fingerprint density at radius 2 is 2.06 bits per heavy atom. The van der Waals surface area contributed by atoms with Crippen molar-refractivity contribution in [2.45, 2.75) is 38.2 Å². The molecule has 5 heteroatoms. The van der Waals surface area contributed by atoms with E-state index >= 15 is 0 Å². The van der Waals surface area contributed by atoms with Gasteiger partial charge >= 0.3 is 5.97 Å². The highest BCUT2D eigenvalue weighted by Crippen LogP contribution is 2.27. The van der Waals surface area contributed by atoms with Gasteiger partial charge in [-0.3, -0.25) is 9.59 Å². The molecule has 1 amide bonds. The maximum Gasteiger partial charge on any atom is 0.308 e. The van der Waals surface area contributed by atoms with E-state index in [0.717, 1.165) is 25.7 Å². The van der Waals surface area contributed by atoms with E-state index in [9.17, 15) is 9.59 Å². The second-order valence-corrected chi connectivity index (χ2v) is 5.04. The predicted octanol–water partition coefficient (Wildman–Crippen LogP) is 0.967. The fourth-order valence-electron chi connectivity index (χ4n) is 2.74. The Kier molecular flexibility index (Phi) is 4.58. The minimum Gasteiger partial charge on any atom is -0.469 e. The Balaban J connectivity index is 1.85. The van der Waals surface area contributed by atoms with Gasteiger partial charge in [0.25, 0.3) is 0 Å². The molecule has 1 aliphatic heterocycles. The second-order valence-electron chi connectivity index (χ2n) is 5.04. The monoisotopic (exact) mass is 255 g/mol. The number of ether oxygens (including phenoxy) is 2. The van der Waals surface area contributed by atoms with Crippen LogP contribution in [-0.4, -0.2) is 49.7 Å². The van der Waals surface area contributed by atoms with Gasteiger partial charge in [-0.05, 0) is 12.8 Å². The third kappa shape index (κ3) is 3.22. The van der Waals surface area contributed by atoms with Crippen molar-refractivity contribution in [3.8, 4) is 0 Å². The van der Waals surface area contributed by atoms with Crippen molar-refractivity contribution in [1.82, 2.24) is 4.90 Å². The van der Waals surface area contributed by atoms with Gasteiger partial charge in [0, 0.05) is 19.0 Å². The lowest BCUT2D eigenvalue weighted by Crippen LogP contribution is -2.48. The molecule has 0 aromatic heterocycles. The molecule has 2 rings (SSSR count). The fraction of sp³-hybridized carbons (Fsp3) is 0.846. The Morgan fingerprint density at radius 1 is 1.33 bits per heavy atom. The lowest BCUT2D eigenvalue weighted by molar-refractivity contribution is -0.151. The minimum absolute atomic E-state index is 0.196. The van der Waals surface area contributed by atoms with Gasteiger partial charge in [0.15, 0.2) is 0 Å². The zero-order chi connectivity index (χ0) is 13.0. The van der Waals surface area contributed by atoms with E-state index in [1.165, 1.54) is 7.11 Å². The Hall–Kier alpha value is -1.10. The largest absolute Gasteiger partial charge is 0.469 e. The molecule has 2 aliphatic rings. The standard InChI is InChI=1S/C13H21NO4/c1-17-12(15)8-11-9-14(6-7-18-11)13(16)10-4-2-3-5-10/h10-11H,2-9H2,1H3. The molecule has 0 radical (unpaired) electrons. The highest BCUT2D eigenvalue weighted by atomic mass is 16.5. The second kappa shape index (κ2) is 6.18. The molecule has 0 aromatic carbocycles. The van der Waals surface area contributed by atoms with Crippen molar-refractivity contribution in [1.29, 1.82) is 0 Å². The third-order valence-corrected chi connectivity index (χ3v) is 3.78. The molecule has 18 heavy (non-hydrogen) atoms. The first-order valence-electron chi connectivity index (χ1n) is 6.68. The fourth-order valence-corrected chi connectivity index (χ4v) is 2.74. The Morgan fingerprint density at radius 3 is 2.72 bits per heavy atom. The summed E-state index contributed by atoms with van der Waals surface area (Å²) in [5.74, 6) is 0.155. The van der Waals surface area contributed by atoms with E-state index in [0.29, 0.717) is 19.7 Å². The number of methoxy groups -OCH3 is 1. The zero-order valence-corrected chi connectivity index (χ0v) is 10.9. The number of hydrogen-bond donors (Lipinski definition) is 0. The molecule has 1 saturated heterocycles. The van der Waals surface area contributed by atoms with Crippen molar-refractivity contribution in [2.24, 2.45) is 5.92 Å². The van der Waals surface area contributed by atoms with Gasteiger partial charge in [-0.25, -0.2) is 0 Å². The van der Waals surface area contributed by atoms with Crippen LogP contribution in [0.15, 0.2) is 0 Å². The topological polar surface area (TPSA) is 55.8 Å². The molecule has 0 N–H and O–H groups in total. The molecule has 0 spiro atoms. The van der Waals surface area contributed by atoms with Gasteiger partial charge in [-0.2, -0.15) is 0 Å². The Bertz CT molecular complexity index is 312. The number of morpholine rings is 1. The summed E-state index contributed by atoms with van der Waals surface area (Å²) in [6.07, 6.45) is 4.36. The van der Waals surface area contributed by atoms with Crippen LogP contribution in [0, 0.1) is 5.92 Å². The van der Waals surface area contributed by atoms with Crippen LogP contribution < -0.4 is 0 Å². The summed E-state index contributed by atoms with van der Waals surface area (Å²) in [6, 6.07) is 0. The van der Waals surface area contributed by atoms with Gasteiger partial charge < -0.3 is 14.4 Å². The van der Waals surface area contributed by atoms with Gasteiger partial charge in [0.05, 0.1) is 26.2 Å². The summed E-state index contributed by atoms with van der Waals surface area (Å²) < 4.78 is 10.1. The van der Waals surface area contributed by atoms with Crippen LogP contribution in [0.5, 0.6) is 0 Å². The first-order valence-corrected chi connectivity index (χ1v) is 6.68. The van der Waals surface area contributed by atoms with Gasteiger partial charge in [0.2, 0.25) is 5.91 Å². The highest BCUT2D eigenvalue weighted by molar-refractivity contribution is 5.79. The number of carbonyl (C=O) groups excluding carboxylic acids is 2. The summed E-state index contributed by atoms with van der Waals surface area (Å²) >= 11 is 0. The normalized spacial score (nSPS) is 25.2. The number of amides is 1. The van der Waals surface area contributed by atoms with Crippen molar-refractivity contribution in [2.75, 3.05) is 26.8 Å². The van der Waals surface area contributed by atoms with Gasteiger partial charge in [-0.15, -0.1) is 0 Å². The molecule has 0 aromatic rings. The average Bonchev–Trinajstić information content (AvgIpc) is 2.92. The van der Waals surface area contributed by atoms with Crippen LogP contribution in [0.4, 0.5) is 0 Å². The maximum atomic E-state index is 12.3. The van der Waals surface area contributed by atoms with E-state index < -0.39 is 0 Å². The molecule has 2 fully saturated rings. The summed E-state index contributed by atoms with van der Waals surface area (Å²) in [5.41, 5.74) is 0. The van der Waals surface area contributed by atoms with Crippen molar-refractivity contribution < 1.29 is 19.1 Å². The van der Waals surface area contributed by atoms with E-state index in [1.807, 2.05) is 4.90 Å². The molecular weight excluding hydrogens is 234 g/mol. The molecular formula is C13H21NO4. The summed E-state index contributed by atoms with van der Waals surface area (Å²) in [4.78, 5) is 25.3. The molecule has 1 heterocycles. The predicted molar refractivity (Wildman–Crippen MR) is 64.9 cm³/mol. The molecule has 5 nitrogen and oxygen atoms in total. The first-order chi connectivity index (χ1) is 8.70. The quantitative estimate of drug-likeness (QED) is 0.705. The molecule has 1 atom stereocenters. The van der Waals surface area contributed by atoms with E-state index in [2.05, 4.69) is 4.74 Å². The third-order valence-electron chi connectivity index (χ3n) is 3.78. The van der Waals surface area contributed by atoms with Crippen molar-refractivity contribution in [3.05, 3.63) is 0 Å². The number of esters is 1. The van der Waals surface area contributed by atoms with Crippen LogP contribution in [0.2, 0.25) is 0 Å². The van der Waals surface area contributed by atoms with Crippen molar-refractivity contribution in [3.63, 3.8) is 0 Å². The van der Waals surface area contributed by atoms with E-state index in [-0.39, 0.29) is 30.3 Å². The molecule has 1 unspecified atom stereocenters. The summed E-state index contributed by atoms with van der Waals surface area (Å²) in [7, 11) is 1.37. The molecule has 1 aliphatic carbocycles. The average molecular weight is 255 g/mol. The Labute approximate surface area is 107 Å². The SMILES string of the molecule is COC(=O)CC1CN(C(=O)C2CCCC2)CCO1. The number of rotatable bonds is 3. The lowest BCUT2D eigenvalue weighted by Gasteiger charge is -2.34. The van der Waals surface area contributed by atoms with Crippen molar-refractivity contribution >= 4 is 11.9 Å². The van der Waals surface area contributed by atoms with E-state index in [4.69, 9.17) is 4.74 Å². The lowest BCUT2D eigenvalue weighted by atomic mass is 10.1. The zero-order valence-electron chi connectivity index (χ0n) is 10.9. The van der Waals surface area contributed by atoms with Crippen LogP contribution >= 0.6 is 0 Å².